The number of amides is 1. The van der Waals surface area contributed by atoms with Crippen LogP contribution >= 0.6 is 12.2 Å². The number of carbonyl (C=O) groups is 1. The van der Waals surface area contributed by atoms with Gasteiger partial charge in [0, 0.05) is 6.54 Å². The van der Waals surface area contributed by atoms with Gasteiger partial charge in [-0.25, -0.2) is 4.79 Å². The van der Waals surface area contributed by atoms with Gasteiger partial charge in [-0.3, -0.25) is 5.32 Å². The fourth-order valence-electron chi connectivity index (χ4n) is 1.61. The molecule has 1 aromatic rings. The van der Waals surface area contributed by atoms with Crippen LogP contribution in [0.2, 0.25) is 0 Å². The van der Waals surface area contributed by atoms with Crippen molar-refractivity contribution in [3.63, 3.8) is 0 Å². The molecule has 0 radical (unpaired) electrons. The summed E-state index contributed by atoms with van der Waals surface area (Å²) in [6, 6.07) is 8.33. The Kier molecular flexibility index (Phi) is 5.95. The molecule has 0 aliphatic carbocycles. The fourth-order valence-corrected chi connectivity index (χ4v) is 1.76. The SMILES string of the molecule is CCOC(=O)NC(=S)NCc1ccc(C(C)(C)C)cc1. The minimum atomic E-state index is -0.534. The van der Waals surface area contributed by atoms with Gasteiger partial charge in [0.15, 0.2) is 5.11 Å². The summed E-state index contributed by atoms with van der Waals surface area (Å²) in [5, 5.41) is 5.68. The summed E-state index contributed by atoms with van der Waals surface area (Å²) in [4.78, 5) is 11.2. The van der Waals surface area contributed by atoms with Crippen LogP contribution in [0.4, 0.5) is 4.79 Å². The largest absolute Gasteiger partial charge is 0.450 e. The number of ether oxygens (including phenoxy) is 1. The second-order valence-corrected chi connectivity index (χ2v) is 5.88. The molecule has 0 aliphatic rings. The van der Waals surface area contributed by atoms with Gasteiger partial charge in [0.1, 0.15) is 0 Å². The van der Waals surface area contributed by atoms with Crippen molar-refractivity contribution in [1.82, 2.24) is 10.6 Å². The van der Waals surface area contributed by atoms with Crippen molar-refractivity contribution in [1.29, 1.82) is 0 Å². The van der Waals surface area contributed by atoms with E-state index >= 15 is 0 Å². The second-order valence-electron chi connectivity index (χ2n) is 5.48. The highest BCUT2D eigenvalue weighted by Gasteiger charge is 2.12. The van der Waals surface area contributed by atoms with Gasteiger partial charge in [-0.2, -0.15) is 0 Å². The Morgan fingerprint density at radius 2 is 1.85 bits per heavy atom. The van der Waals surface area contributed by atoms with Gasteiger partial charge in [0.05, 0.1) is 6.61 Å². The van der Waals surface area contributed by atoms with E-state index < -0.39 is 6.09 Å². The Morgan fingerprint density at radius 1 is 1.25 bits per heavy atom. The molecule has 0 heterocycles. The average molecular weight is 294 g/mol. The Hall–Kier alpha value is -1.62. The standard InChI is InChI=1S/C15H22N2O2S/c1-5-19-14(18)17-13(20)16-10-11-6-8-12(9-7-11)15(2,3)4/h6-9H,5,10H2,1-4H3,(H2,16,17,18,20). The van der Waals surface area contributed by atoms with E-state index in [1.165, 1.54) is 5.56 Å². The number of nitrogens with one attached hydrogen (secondary N) is 2. The number of rotatable bonds is 3. The maximum atomic E-state index is 11.2. The van der Waals surface area contributed by atoms with Crippen molar-refractivity contribution in [3.8, 4) is 0 Å². The van der Waals surface area contributed by atoms with Crippen molar-refractivity contribution in [2.75, 3.05) is 6.61 Å². The minimum Gasteiger partial charge on any atom is -0.450 e. The first-order valence-corrected chi connectivity index (χ1v) is 7.04. The average Bonchev–Trinajstić information content (AvgIpc) is 2.36. The molecule has 1 amide bonds. The third-order valence-corrected chi connectivity index (χ3v) is 3.01. The number of hydrogen-bond acceptors (Lipinski definition) is 3. The lowest BCUT2D eigenvalue weighted by atomic mass is 9.87. The molecule has 0 aliphatic heterocycles. The minimum absolute atomic E-state index is 0.146. The highest BCUT2D eigenvalue weighted by Crippen LogP contribution is 2.22. The summed E-state index contributed by atoms with van der Waals surface area (Å²) >= 11 is 5.01. The first kappa shape index (κ1) is 16.4. The monoisotopic (exact) mass is 294 g/mol. The lowest BCUT2D eigenvalue weighted by molar-refractivity contribution is 0.157. The van der Waals surface area contributed by atoms with E-state index in [1.54, 1.807) is 6.92 Å². The Morgan fingerprint density at radius 3 is 2.35 bits per heavy atom. The van der Waals surface area contributed by atoms with E-state index in [0.717, 1.165) is 5.56 Å². The molecule has 0 unspecified atom stereocenters. The molecule has 20 heavy (non-hydrogen) atoms. The zero-order valence-corrected chi connectivity index (χ0v) is 13.3. The van der Waals surface area contributed by atoms with Crippen LogP contribution in [0.3, 0.4) is 0 Å². The van der Waals surface area contributed by atoms with E-state index in [-0.39, 0.29) is 10.5 Å². The van der Waals surface area contributed by atoms with Gasteiger partial charge in [0.25, 0.3) is 0 Å². The molecule has 2 N–H and O–H groups in total. The predicted octanol–water partition coefficient (Wildman–Crippen LogP) is 3.10. The molecular weight excluding hydrogens is 272 g/mol. The highest BCUT2D eigenvalue weighted by molar-refractivity contribution is 7.80. The lowest BCUT2D eigenvalue weighted by Gasteiger charge is -2.19. The Labute approximate surface area is 125 Å². The van der Waals surface area contributed by atoms with Gasteiger partial charge in [0.2, 0.25) is 0 Å². The molecule has 0 aromatic heterocycles. The van der Waals surface area contributed by atoms with Crippen LogP contribution in [0.15, 0.2) is 24.3 Å². The molecule has 110 valence electrons. The van der Waals surface area contributed by atoms with Crippen LogP contribution < -0.4 is 10.6 Å². The zero-order chi connectivity index (χ0) is 15.2. The zero-order valence-electron chi connectivity index (χ0n) is 12.4. The smallest absolute Gasteiger partial charge is 0.413 e. The fraction of sp³-hybridized carbons (Fsp3) is 0.467. The topological polar surface area (TPSA) is 50.4 Å². The van der Waals surface area contributed by atoms with Crippen LogP contribution in [0.25, 0.3) is 0 Å². The molecule has 4 nitrogen and oxygen atoms in total. The number of alkyl carbamates (subject to hydrolysis) is 1. The van der Waals surface area contributed by atoms with Gasteiger partial charge < -0.3 is 10.1 Å². The van der Waals surface area contributed by atoms with Crippen molar-refractivity contribution in [2.45, 2.75) is 39.7 Å². The first-order chi connectivity index (χ1) is 9.32. The number of hydrogen-bond donors (Lipinski definition) is 2. The van der Waals surface area contributed by atoms with Gasteiger partial charge >= 0.3 is 6.09 Å². The summed E-state index contributed by atoms with van der Waals surface area (Å²) in [6.07, 6.45) is -0.534. The van der Waals surface area contributed by atoms with Gasteiger partial charge in [-0.1, -0.05) is 45.0 Å². The third-order valence-electron chi connectivity index (χ3n) is 2.76. The summed E-state index contributed by atoms with van der Waals surface area (Å²) < 4.78 is 4.74. The van der Waals surface area contributed by atoms with Crippen molar-refractivity contribution in [2.24, 2.45) is 0 Å². The summed E-state index contributed by atoms with van der Waals surface area (Å²) in [5.74, 6) is 0. The highest BCUT2D eigenvalue weighted by atomic mass is 32.1. The van der Waals surface area contributed by atoms with Crippen molar-refractivity contribution < 1.29 is 9.53 Å². The van der Waals surface area contributed by atoms with E-state index in [0.29, 0.717) is 13.2 Å². The van der Waals surface area contributed by atoms with Crippen molar-refractivity contribution in [3.05, 3.63) is 35.4 Å². The molecule has 0 atom stereocenters. The van der Waals surface area contributed by atoms with E-state index in [9.17, 15) is 4.79 Å². The van der Waals surface area contributed by atoms with Gasteiger partial charge in [-0.05, 0) is 35.7 Å². The van der Waals surface area contributed by atoms with E-state index in [2.05, 4.69) is 55.7 Å². The van der Waals surface area contributed by atoms with Crippen LogP contribution in [0.1, 0.15) is 38.8 Å². The molecule has 1 rings (SSSR count). The van der Waals surface area contributed by atoms with Crippen LogP contribution in [0, 0.1) is 0 Å². The van der Waals surface area contributed by atoms with Crippen LogP contribution in [-0.2, 0) is 16.7 Å². The number of carbonyl (C=O) groups excluding carboxylic acids is 1. The number of benzene rings is 1. The first-order valence-electron chi connectivity index (χ1n) is 6.64. The van der Waals surface area contributed by atoms with E-state index in [4.69, 9.17) is 17.0 Å². The molecule has 1 aromatic carbocycles. The molecule has 0 saturated carbocycles. The summed E-state index contributed by atoms with van der Waals surface area (Å²) in [5.41, 5.74) is 2.53. The Balaban J connectivity index is 2.46. The normalized spacial score (nSPS) is 10.8. The summed E-state index contributed by atoms with van der Waals surface area (Å²) in [6.45, 7) is 9.17. The van der Waals surface area contributed by atoms with Gasteiger partial charge in [-0.15, -0.1) is 0 Å². The molecule has 5 heteroatoms. The summed E-state index contributed by atoms with van der Waals surface area (Å²) in [7, 11) is 0. The molecule has 0 fully saturated rings. The maximum Gasteiger partial charge on any atom is 0.413 e. The molecule has 0 saturated heterocycles. The third kappa shape index (κ3) is 5.57. The lowest BCUT2D eigenvalue weighted by Crippen LogP contribution is -2.39. The van der Waals surface area contributed by atoms with Crippen LogP contribution in [-0.4, -0.2) is 17.8 Å². The quantitative estimate of drug-likeness (QED) is 0.841. The van der Waals surface area contributed by atoms with E-state index in [1.807, 2.05) is 0 Å². The molecule has 0 bridgehead atoms. The molecular formula is C15H22N2O2S. The maximum absolute atomic E-state index is 11.2. The predicted molar refractivity (Wildman–Crippen MR) is 84.7 cm³/mol. The van der Waals surface area contributed by atoms with Crippen LogP contribution in [0.5, 0.6) is 0 Å². The second kappa shape index (κ2) is 7.24. The van der Waals surface area contributed by atoms with Crippen molar-refractivity contribution >= 4 is 23.4 Å². The molecule has 0 spiro atoms. The number of thiocarbonyl (C=S) groups is 1. The Bertz CT molecular complexity index is 464.